The normalized spacial score (nSPS) is 19.9. The minimum atomic E-state index is -3.37. The van der Waals surface area contributed by atoms with Gasteiger partial charge in [0.15, 0.2) is 0 Å². The zero-order valence-corrected chi connectivity index (χ0v) is 13.5. The van der Waals surface area contributed by atoms with Crippen molar-refractivity contribution < 1.29 is 8.42 Å². The second-order valence-corrected chi connectivity index (χ2v) is 7.37. The summed E-state index contributed by atoms with van der Waals surface area (Å²) in [6, 6.07) is 2.22. The second-order valence-electron chi connectivity index (χ2n) is 5.62. The molecule has 0 radical (unpaired) electrons. The Hall–Kier alpha value is -0.680. The van der Waals surface area contributed by atoms with Gasteiger partial charge in [-0.15, -0.1) is 0 Å². The van der Waals surface area contributed by atoms with E-state index in [1.54, 1.807) is 0 Å². The van der Waals surface area contributed by atoms with E-state index in [-0.39, 0.29) is 6.04 Å². The van der Waals surface area contributed by atoms with Crippen LogP contribution in [0.5, 0.6) is 0 Å². The van der Waals surface area contributed by atoms with Crippen LogP contribution in [0.2, 0.25) is 0 Å². The van der Waals surface area contributed by atoms with E-state index >= 15 is 0 Å². The average Bonchev–Trinajstić information content (AvgIpc) is 2.43. The standard InChI is InChI=1S/C13H26N4O2S/c1-4-5-13(10-14)16-6-8-17(9-7-16)20(18,19)15-11-12(2)3/h12-13,15H,4-9,11H2,1-3H3. The van der Waals surface area contributed by atoms with E-state index in [2.05, 4.69) is 22.6 Å². The number of hydrogen-bond donors (Lipinski definition) is 1. The van der Waals surface area contributed by atoms with Gasteiger partial charge >= 0.3 is 0 Å². The topological polar surface area (TPSA) is 76.4 Å². The largest absolute Gasteiger partial charge is 0.285 e. The maximum atomic E-state index is 12.1. The molecule has 1 atom stereocenters. The van der Waals surface area contributed by atoms with Gasteiger partial charge in [0, 0.05) is 32.7 Å². The molecular weight excluding hydrogens is 276 g/mol. The van der Waals surface area contributed by atoms with Crippen molar-refractivity contribution in [1.82, 2.24) is 13.9 Å². The maximum absolute atomic E-state index is 12.1. The third kappa shape index (κ3) is 5.02. The molecule has 1 heterocycles. The van der Waals surface area contributed by atoms with Crippen molar-refractivity contribution in [2.75, 3.05) is 32.7 Å². The van der Waals surface area contributed by atoms with Crippen molar-refractivity contribution >= 4 is 10.2 Å². The molecule has 0 aromatic carbocycles. The Morgan fingerprint density at radius 1 is 1.25 bits per heavy atom. The number of rotatable bonds is 7. The molecule has 1 aliphatic rings. The second kappa shape index (κ2) is 7.93. The van der Waals surface area contributed by atoms with Crippen LogP contribution in [0.1, 0.15) is 33.6 Å². The molecule has 1 saturated heterocycles. The molecule has 0 spiro atoms. The van der Waals surface area contributed by atoms with Crippen LogP contribution in [0.25, 0.3) is 0 Å². The van der Waals surface area contributed by atoms with Crippen LogP contribution < -0.4 is 4.72 Å². The van der Waals surface area contributed by atoms with Gasteiger partial charge in [-0.2, -0.15) is 18.0 Å². The van der Waals surface area contributed by atoms with Gasteiger partial charge in [0.2, 0.25) is 0 Å². The number of hydrogen-bond acceptors (Lipinski definition) is 4. The van der Waals surface area contributed by atoms with Crippen LogP contribution in [0, 0.1) is 17.2 Å². The summed E-state index contributed by atoms with van der Waals surface area (Å²) in [5, 5.41) is 9.14. The zero-order valence-electron chi connectivity index (χ0n) is 12.7. The van der Waals surface area contributed by atoms with E-state index in [0.29, 0.717) is 38.6 Å². The minimum Gasteiger partial charge on any atom is -0.285 e. The fourth-order valence-electron chi connectivity index (χ4n) is 2.22. The SMILES string of the molecule is CCCC(C#N)N1CCN(S(=O)(=O)NCC(C)C)CC1. The maximum Gasteiger partial charge on any atom is 0.279 e. The molecule has 0 bridgehead atoms. The highest BCUT2D eigenvalue weighted by atomic mass is 32.2. The van der Waals surface area contributed by atoms with Crippen molar-refractivity contribution in [3.8, 4) is 6.07 Å². The lowest BCUT2D eigenvalue weighted by Gasteiger charge is -2.36. The van der Waals surface area contributed by atoms with Gasteiger partial charge in [-0.25, -0.2) is 4.72 Å². The van der Waals surface area contributed by atoms with Crippen molar-refractivity contribution in [1.29, 1.82) is 5.26 Å². The van der Waals surface area contributed by atoms with Crippen LogP contribution in [-0.2, 0) is 10.2 Å². The molecule has 6 nitrogen and oxygen atoms in total. The van der Waals surface area contributed by atoms with E-state index in [1.165, 1.54) is 4.31 Å². The lowest BCUT2D eigenvalue weighted by molar-refractivity contribution is 0.155. The molecule has 0 amide bonds. The van der Waals surface area contributed by atoms with Crippen molar-refractivity contribution in [3.05, 3.63) is 0 Å². The quantitative estimate of drug-likeness (QED) is 0.754. The fraction of sp³-hybridized carbons (Fsp3) is 0.923. The molecule has 0 aromatic rings. The highest BCUT2D eigenvalue weighted by Gasteiger charge is 2.29. The molecule has 1 N–H and O–H groups in total. The van der Waals surface area contributed by atoms with Crippen molar-refractivity contribution in [3.63, 3.8) is 0 Å². The molecule has 1 fully saturated rings. The molecular formula is C13H26N4O2S. The van der Waals surface area contributed by atoms with Gasteiger partial charge in [-0.05, 0) is 12.3 Å². The highest BCUT2D eigenvalue weighted by molar-refractivity contribution is 7.87. The number of piperazine rings is 1. The number of nitrogens with zero attached hydrogens (tertiary/aromatic N) is 3. The molecule has 0 aromatic heterocycles. The Morgan fingerprint density at radius 2 is 1.85 bits per heavy atom. The summed E-state index contributed by atoms with van der Waals surface area (Å²) in [5.41, 5.74) is 0. The Bertz CT molecular complexity index is 422. The molecule has 0 saturated carbocycles. The first-order valence-corrected chi connectivity index (χ1v) is 8.73. The van der Waals surface area contributed by atoms with Gasteiger partial charge < -0.3 is 0 Å². The van der Waals surface area contributed by atoms with E-state index in [1.807, 2.05) is 13.8 Å². The van der Waals surface area contributed by atoms with Gasteiger partial charge in [-0.3, -0.25) is 4.90 Å². The van der Waals surface area contributed by atoms with Gasteiger partial charge in [0.05, 0.1) is 12.1 Å². The van der Waals surface area contributed by atoms with Crippen molar-refractivity contribution in [2.24, 2.45) is 5.92 Å². The first-order chi connectivity index (χ1) is 9.40. The predicted octanol–water partition coefficient (Wildman–Crippen LogP) is 0.787. The van der Waals surface area contributed by atoms with E-state index in [0.717, 1.165) is 12.8 Å². The Kier molecular flexibility index (Phi) is 6.89. The van der Waals surface area contributed by atoms with Crippen LogP contribution >= 0.6 is 0 Å². The predicted molar refractivity (Wildman–Crippen MR) is 79.2 cm³/mol. The Balaban J connectivity index is 2.51. The monoisotopic (exact) mass is 302 g/mol. The fourth-order valence-corrected chi connectivity index (χ4v) is 3.59. The molecule has 1 unspecified atom stereocenters. The van der Waals surface area contributed by atoms with Gasteiger partial charge in [0.1, 0.15) is 0 Å². The molecule has 20 heavy (non-hydrogen) atoms. The van der Waals surface area contributed by atoms with E-state index in [4.69, 9.17) is 5.26 Å². The number of nitrogens with one attached hydrogen (secondary N) is 1. The van der Waals surface area contributed by atoms with Gasteiger partial charge in [0.25, 0.3) is 10.2 Å². The molecule has 116 valence electrons. The smallest absolute Gasteiger partial charge is 0.279 e. The third-order valence-corrected chi connectivity index (χ3v) is 5.02. The first kappa shape index (κ1) is 17.4. The van der Waals surface area contributed by atoms with Crippen LogP contribution in [0.3, 0.4) is 0 Å². The lowest BCUT2D eigenvalue weighted by atomic mass is 10.1. The first-order valence-electron chi connectivity index (χ1n) is 7.29. The summed E-state index contributed by atoms with van der Waals surface area (Å²) in [4.78, 5) is 2.08. The number of nitriles is 1. The summed E-state index contributed by atoms with van der Waals surface area (Å²) < 4.78 is 28.3. The third-order valence-electron chi connectivity index (χ3n) is 3.44. The molecule has 7 heteroatoms. The molecule has 1 rings (SSSR count). The van der Waals surface area contributed by atoms with Crippen LogP contribution in [0.4, 0.5) is 0 Å². The van der Waals surface area contributed by atoms with Crippen LogP contribution in [-0.4, -0.2) is 56.4 Å². The Morgan fingerprint density at radius 3 is 2.30 bits per heavy atom. The summed E-state index contributed by atoms with van der Waals surface area (Å²) in [5.74, 6) is 0.290. The van der Waals surface area contributed by atoms with Gasteiger partial charge in [-0.1, -0.05) is 27.2 Å². The highest BCUT2D eigenvalue weighted by Crippen LogP contribution is 2.12. The molecule has 0 aliphatic carbocycles. The van der Waals surface area contributed by atoms with E-state index in [9.17, 15) is 8.42 Å². The summed E-state index contributed by atoms with van der Waals surface area (Å²) in [7, 11) is -3.37. The zero-order chi connectivity index (χ0) is 15.2. The minimum absolute atomic E-state index is 0.0894. The average molecular weight is 302 g/mol. The Labute approximate surface area is 122 Å². The van der Waals surface area contributed by atoms with Crippen LogP contribution in [0.15, 0.2) is 0 Å². The summed E-state index contributed by atoms with van der Waals surface area (Å²) in [6.45, 7) is 8.62. The lowest BCUT2D eigenvalue weighted by Crippen LogP contribution is -2.54. The van der Waals surface area contributed by atoms with Crippen molar-refractivity contribution in [2.45, 2.75) is 39.7 Å². The summed E-state index contributed by atoms with van der Waals surface area (Å²) in [6.07, 6.45) is 1.81. The summed E-state index contributed by atoms with van der Waals surface area (Å²) >= 11 is 0. The molecule has 1 aliphatic heterocycles. The van der Waals surface area contributed by atoms with E-state index < -0.39 is 10.2 Å².